The number of rotatable bonds is 4. The smallest absolute Gasteiger partial charge is 0.245 e. The van der Waals surface area contributed by atoms with E-state index in [1.54, 1.807) is 0 Å². The number of hydrazine groups is 1. The van der Waals surface area contributed by atoms with Crippen LogP contribution in [-0.2, 0) is 9.59 Å². The van der Waals surface area contributed by atoms with Crippen molar-refractivity contribution in [2.75, 3.05) is 6.54 Å². The second-order valence-electron chi connectivity index (χ2n) is 6.72. The van der Waals surface area contributed by atoms with Crippen LogP contribution in [0.3, 0.4) is 0 Å². The molecule has 2 atom stereocenters. The van der Waals surface area contributed by atoms with Crippen molar-refractivity contribution in [1.29, 1.82) is 0 Å². The molecule has 0 radical (unpaired) electrons. The maximum absolute atomic E-state index is 12.3. The number of nitrogens with zero attached hydrogens (tertiary/aromatic N) is 1. The lowest BCUT2D eigenvalue weighted by Crippen LogP contribution is -2.51. The summed E-state index contributed by atoms with van der Waals surface area (Å²) >= 11 is 0. The minimum Gasteiger partial charge on any atom is -0.351 e. The summed E-state index contributed by atoms with van der Waals surface area (Å²) in [7, 11) is 0. The lowest BCUT2D eigenvalue weighted by Gasteiger charge is -2.32. The third-order valence-corrected chi connectivity index (χ3v) is 4.88. The number of nitrogens with one attached hydrogen (secondary N) is 2. The zero-order valence-corrected chi connectivity index (χ0v) is 14.1. The molecule has 0 bridgehead atoms. The summed E-state index contributed by atoms with van der Waals surface area (Å²) < 4.78 is 0. The summed E-state index contributed by atoms with van der Waals surface area (Å²) in [4.78, 5) is 24.5. The Balaban J connectivity index is 1.59. The van der Waals surface area contributed by atoms with Gasteiger partial charge in [0, 0.05) is 12.5 Å². The molecule has 1 heterocycles. The summed E-state index contributed by atoms with van der Waals surface area (Å²) in [5.74, 6) is 0.331. The third kappa shape index (κ3) is 3.96. The lowest BCUT2D eigenvalue weighted by atomic mass is 9.86. The fourth-order valence-corrected chi connectivity index (χ4v) is 3.41. The van der Waals surface area contributed by atoms with Crippen molar-refractivity contribution in [2.45, 2.75) is 45.1 Å². The Kier molecular flexibility index (Phi) is 5.18. The van der Waals surface area contributed by atoms with Crippen LogP contribution in [0.2, 0.25) is 0 Å². The maximum Gasteiger partial charge on any atom is 0.245 e. The molecular formula is C19H25N3O2. The second kappa shape index (κ2) is 7.51. The molecule has 5 nitrogen and oxygen atoms in total. The minimum absolute atomic E-state index is 0.0478. The van der Waals surface area contributed by atoms with Crippen molar-refractivity contribution >= 4 is 17.5 Å². The van der Waals surface area contributed by atoms with Crippen LogP contribution in [0.15, 0.2) is 36.4 Å². The third-order valence-electron chi connectivity index (χ3n) is 4.88. The zero-order valence-electron chi connectivity index (χ0n) is 14.1. The Morgan fingerprint density at radius 3 is 2.75 bits per heavy atom. The summed E-state index contributed by atoms with van der Waals surface area (Å²) in [6.45, 7) is 2.23. The van der Waals surface area contributed by atoms with Gasteiger partial charge in [0.15, 0.2) is 0 Å². The van der Waals surface area contributed by atoms with Gasteiger partial charge in [0.2, 0.25) is 11.8 Å². The number of carbonyl (C=O) groups is 2. The summed E-state index contributed by atoms with van der Waals surface area (Å²) in [5.41, 5.74) is 4.96. The molecule has 1 saturated carbocycles. The average molecular weight is 327 g/mol. The number of hydrogen-bond acceptors (Lipinski definition) is 3. The molecule has 1 aliphatic heterocycles. The van der Waals surface area contributed by atoms with Crippen molar-refractivity contribution < 1.29 is 9.59 Å². The highest BCUT2D eigenvalue weighted by atomic mass is 16.2. The van der Waals surface area contributed by atoms with Crippen molar-refractivity contribution in [3.8, 4) is 0 Å². The van der Waals surface area contributed by atoms with Gasteiger partial charge in [-0.3, -0.25) is 15.0 Å². The Morgan fingerprint density at radius 1 is 1.25 bits per heavy atom. The van der Waals surface area contributed by atoms with Gasteiger partial charge in [0.05, 0.1) is 5.70 Å². The molecule has 128 valence electrons. The highest BCUT2D eigenvalue weighted by Gasteiger charge is 2.26. The lowest BCUT2D eigenvalue weighted by molar-refractivity contribution is -0.138. The Bertz CT molecular complexity index is 627. The fourth-order valence-electron chi connectivity index (χ4n) is 3.41. The second-order valence-corrected chi connectivity index (χ2v) is 6.72. The van der Waals surface area contributed by atoms with E-state index in [-0.39, 0.29) is 24.4 Å². The average Bonchev–Trinajstić information content (AvgIpc) is 2.60. The maximum atomic E-state index is 12.3. The Hall–Kier alpha value is -2.30. The van der Waals surface area contributed by atoms with Crippen LogP contribution < -0.4 is 10.7 Å². The fraction of sp³-hybridized carbons (Fsp3) is 0.474. The monoisotopic (exact) mass is 327 g/mol. The van der Waals surface area contributed by atoms with Gasteiger partial charge in [-0.15, -0.1) is 0 Å². The molecule has 2 N–H and O–H groups in total. The van der Waals surface area contributed by atoms with E-state index in [4.69, 9.17) is 0 Å². The molecule has 2 unspecified atom stereocenters. The van der Waals surface area contributed by atoms with Gasteiger partial charge in [-0.05, 0) is 30.4 Å². The van der Waals surface area contributed by atoms with Crippen LogP contribution >= 0.6 is 0 Å². The normalized spacial score (nSPS) is 24.1. The molecule has 3 rings (SSSR count). The van der Waals surface area contributed by atoms with Crippen molar-refractivity contribution in [2.24, 2.45) is 5.92 Å². The molecule has 0 aromatic heterocycles. The van der Waals surface area contributed by atoms with Crippen LogP contribution in [0.25, 0.3) is 5.70 Å². The van der Waals surface area contributed by atoms with E-state index in [0.717, 1.165) is 30.5 Å². The number of carbonyl (C=O) groups excluding carboxylic acids is 2. The van der Waals surface area contributed by atoms with E-state index in [9.17, 15) is 9.59 Å². The van der Waals surface area contributed by atoms with Gasteiger partial charge in [-0.2, -0.15) is 0 Å². The molecule has 0 saturated heterocycles. The predicted molar refractivity (Wildman–Crippen MR) is 93.4 cm³/mol. The van der Waals surface area contributed by atoms with E-state index >= 15 is 0 Å². The molecule has 1 aromatic rings. The first-order chi connectivity index (χ1) is 11.6. The van der Waals surface area contributed by atoms with Gasteiger partial charge in [-0.1, -0.05) is 50.1 Å². The van der Waals surface area contributed by atoms with Crippen LogP contribution in [0.4, 0.5) is 0 Å². The van der Waals surface area contributed by atoms with Crippen LogP contribution in [0.1, 0.15) is 44.6 Å². The summed E-state index contributed by atoms with van der Waals surface area (Å²) in [6.07, 6.45) is 6.78. The van der Waals surface area contributed by atoms with Crippen molar-refractivity contribution in [3.63, 3.8) is 0 Å². The van der Waals surface area contributed by atoms with Gasteiger partial charge in [0.25, 0.3) is 0 Å². The zero-order chi connectivity index (χ0) is 16.9. The van der Waals surface area contributed by atoms with Gasteiger partial charge >= 0.3 is 0 Å². The molecule has 1 fully saturated rings. The molecule has 5 heteroatoms. The largest absolute Gasteiger partial charge is 0.351 e. The standard InChI is InChI=1S/C19H25N3O2/c1-14-7-5-6-10-16(14)20-18(23)13-22-19(24)12-11-17(21-22)15-8-3-2-4-9-15/h2-4,8-9,11,14,16,21H,5-7,10,12-13H2,1H3,(H,20,23). The number of amides is 2. The molecule has 1 aromatic carbocycles. The van der Waals surface area contributed by atoms with E-state index in [2.05, 4.69) is 17.7 Å². The molecular weight excluding hydrogens is 302 g/mol. The van der Waals surface area contributed by atoms with E-state index in [1.165, 1.54) is 11.4 Å². The topological polar surface area (TPSA) is 61.4 Å². The quantitative estimate of drug-likeness (QED) is 0.893. The first kappa shape index (κ1) is 16.6. The molecule has 0 spiro atoms. The van der Waals surface area contributed by atoms with Gasteiger partial charge < -0.3 is 5.32 Å². The molecule has 2 aliphatic rings. The SMILES string of the molecule is CC1CCCCC1NC(=O)CN1NC(c2ccccc2)=CCC1=O. The van der Waals surface area contributed by atoms with Gasteiger partial charge in [-0.25, -0.2) is 5.01 Å². The van der Waals surface area contributed by atoms with Gasteiger partial charge in [0.1, 0.15) is 6.54 Å². The van der Waals surface area contributed by atoms with E-state index in [1.807, 2.05) is 36.4 Å². The predicted octanol–water partition coefficient (Wildman–Crippen LogP) is 2.46. The molecule has 24 heavy (non-hydrogen) atoms. The first-order valence-corrected chi connectivity index (χ1v) is 8.75. The highest BCUT2D eigenvalue weighted by Crippen LogP contribution is 2.23. The summed E-state index contributed by atoms with van der Waals surface area (Å²) in [5, 5.41) is 4.52. The van der Waals surface area contributed by atoms with Crippen LogP contribution in [0, 0.1) is 5.92 Å². The van der Waals surface area contributed by atoms with Crippen LogP contribution in [0.5, 0.6) is 0 Å². The Morgan fingerprint density at radius 2 is 2.00 bits per heavy atom. The molecule has 2 amide bonds. The number of hydrogen-bond donors (Lipinski definition) is 2. The van der Waals surface area contributed by atoms with Crippen LogP contribution in [-0.4, -0.2) is 29.4 Å². The first-order valence-electron chi connectivity index (χ1n) is 8.75. The van der Waals surface area contributed by atoms with E-state index < -0.39 is 0 Å². The summed E-state index contributed by atoms with van der Waals surface area (Å²) in [6, 6.07) is 10.1. The Labute approximate surface area is 143 Å². The molecule has 1 aliphatic carbocycles. The van der Waals surface area contributed by atoms with Crippen molar-refractivity contribution in [3.05, 3.63) is 42.0 Å². The highest BCUT2D eigenvalue weighted by molar-refractivity contribution is 5.88. The number of benzene rings is 1. The minimum atomic E-state index is -0.0936. The van der Waals surface area contributed by atoms with Crippen molar-refractivity contribution in [1.82, 2.24) is 15.8 Å². The van der Waals surface area contributed by atoms with E-state index in [0.29, 0.717) is 12.3 Å².